The standard InChI is InChI=1S/C20H23BrN2O2/c1-2-3-4-5-14-25-19-12-6-16(7-13-19)15-22-23-20(24)17-8-10-18(21)11-9-17/h6-13,15H,2-5,14H2,1H3,(H,23,24). The van der Waals surface area contributed by atoms with Crippen molar-refractivity contribution in [3.63, 3.8) is 0 Å². The molecule has 2 aromatic carbocycles. The van der Waals surface area contributed by atoms with Gasteiger partial charge in [-0.3, -0.25) is 4.79 Å². The number of unbranched alkanes of at least 4 members (excludes halogenated alkanes) is 3. The van der Waals surface area contributed by atoms with Gasteiger partial charge in [0.1, 0.15) is 5.75 Å². The Morgan fingerprint density at radius 2 is 1.80 bits per heavy atom. The zero-order valence-corrected chi connectivity index (χ0v) is 16.0. The predicted octanol–water partition coefficient (Wildman–Crippen LogP) is 5.17. The fourth-order valence-corrected chi connectivity index (χ4v) is 2.46. The zero-order chi connectivity index (χ0) is 17.9. The summed E-state index contributed by atoms with van der Waals surface area (Å²) in [6.45, 7) is 2.94. The molecule has 0 bridgehead atoms. The van der Waals surface area contributed by atoms with E-state index in [-0.39, 0.29) is 5.91 Å². The Morgan fingerprint density at radius 1 is 1.08 bits per heavy atom. The molecule has 0 saturated carbocycles. The number of benzene rings is 2. The van der Waals surface area contributed by atoms with Crippen LogP contribution in [0.15, 0.2) is 58.1 Å². The van der Waals surface area contributed by atoms with Crippen LogP contribution in [0.4, 0.5) is 0 Å². The van der Waals surface area contributed by atoms with Crippen LogP contribution in [0.3, 0.4) is 0 Å². The van der Waals surface area contributed by atoms with E-state index in [1.807, 2.05) is 36.4 Å². The van der Waals surface area contributed by atoms with Crippen LogP contribution >= 0.6 is 15.9 Å². The molecule has 2 aromatic rings. The van der Waals surface area contributed by atoms with Crippen LogP contribution in [-0.4, -0.2) is 18.7 Å². The molecule has 0 aromatic heterocycles. The van der Waals surface area contributed by atoms with Crippen molar-refractivity contribution >= 4 is 28.1 Å². The van der Waals surface area contributed by atoms with E-state index in [1.54, 1.807) is 18.3 Å². The second-order valence-electron chi connectivity index (χ2n) is 5.68. The maximum absolute atomic E-state index is 11.9. The molecule has 0 heterocycles. The van der Waals surface area contributed by atoms with Crippen molar-refractivity contribution in [3.05, 3.63) is 64.1 Å². The molecule has 0 unspecified atom stereocenters. The Kier molecular flexibility index (Phi) is 8.19. The van der Waals surface area contributed by atoms with Crippen molar-refractivity contribution in [3.8, 4) is 5.75 Å². The Morgan fingerprint density at radius 3 is 2.48 bits per heavy atom. The van der Waals surface area contributed by atoms with Crippen LogP contribution in [0, 0.1) is 0 Å². The second kappa shape index (κ2) is 10.7. The molecule has 0 fully saturated rings. The van der Waals surface area contributed by atoms with Crippen LogP contribution in [0.2, 0.25) is 0 Å². The van der Waals surface area contributed by atoms with Crippen molar-refractivity contribution in [2.75, 3.05) is 6.61 Å². The Bertz CT molecular complexity index is 682. The van der Waals surface area contributed by atoms with Crippen molar-refractivity contribution in [1.82, 2.24) is 5.43 Å². The minimum atomic E-state index is -0.240. The third kappa shape index (κ3) is 7.10. The minimum absolute atomic E-state index is 0.240. The van der Waals surface area contributed by atoms with E-state index in [9.17, 15) is 4.79 Å². The van der Waals surface area contributed by atoms with Gasteiger partial charge in [-0.2, -0.15) is 5.10 Å². The monoisotopic (exact) mass is 402 g/mol. The van der Waals surface area contributed by atoms with Crippen molar-refractivity contribution in [2.45, 2.75) is 32.6 Å². The number of hydrogen-bond donors (Lipinski definition) is 1. The van der Waals surface area contributed by atoms with Crippen LogP contribution < -0.4 is 10.2 Å². The normalized spacial score (nSPS) is 10.8. The summed E-state index contributed by atoms with van der Waals surface area (Å²) in [5.74, 6) is 0.614. The van der Waals surface area contributed by atoms with Crippen LogP contribution in [0.25, 0.3) is 0 Å². The van der Waals surface area contributed by atoms with E-state index >= 15 is 0 Å². The molecule has 0 atom stereocenters. The number of carbonyl (C=O) groups excluding carboxylic acids is 1. The van der Waals surface area contributed by atoms with Gasteiger partial charge in [0.15, 0.2) is 0 Å². The van der Waals surface area contributed by atoms with Gasteiger partial charge in [-0.25, -0.2) is 5.43 Å². The molecule has 0 aliphatic heterocycles. The molecular formula is C20H23BrN2O2. The maximum atomic E-state index is 11.9. The van der Waals surface area contributed by atoms with Crippen LogP contribution in [-0.2, 0) is 0 Å². The largest absolute Gasteiger partial charge is 0.494 e. The van der Waals surface area contributed by atoms with Gasteiger partial charge in [0.2, 0.25) is 0 Å². The third-order valence-corrected chi connectivity index (χ3v) is 4.16. The molecule has 0 aliphatic carbocycles. The van der Waals surface area contributed by atoms with Crippen LogP contribution in [0.1, 0.15) is 48.5 Å². The Labute approximate surface area is 157 Å². The van der Waals surface area contributed by atoms with Gasteiger partial charge in [-0.15, -0.1) is 0 Å². The first-order valence-electron chi connectivity index (χ1n) is 8.51. The number of hydrogen-bond acceptors (Lipinski definition) is 3. The molecule has 25 heavy (non-hydrogen) atoms. The molecule has 0 aliphatic rings. The fourth-order valence-electron chi connectivity index (χ4n) is 2.20. The summed E-state index contributed by atoms with van der Waals surface area (Å²) in [6, 6.07) is 14.8. The molecule has 132 valence electrons. The molecular weight excluding hydrogens is 380 g/mol. The average molecular weight is 403 g/mol. The number of halogens is 1. The zero-order valence-electron chi connectivity index (χ0n) is 14.4. The number of nitrogens with one attached hydrogen (secondary N) is 1. The third-order valence-electron chi connectivity index (χ3n) is 3.63. The van der Waals surface area contributed by atoms with Gasteiger partial charge in [0, 0.05) is 10.0 Å². The number of amides is 1. The highest BCUT2D eigenvalue weighted by atomic mass is 79.9. The SMILES string of the molecule is CCCCCCOc1ccc(C=NNC(=O)c2ccc(Br)cc2)cc1. The Balaban J connectivity index is 1.77. The first-order valence-corrected chi connectivity index (χ1v) is 9.30. The first-order chi connectivity index (χ1) is 12.2. The van der Waals surface area contributed by atoms with Gasteiger partial charge in [-0.05, 0) is 60.5 Å². The molecule has 4 nitrogen and oxygen atoms in total. The van der Waals surface area contributed by atoms with Gasteiger partial charge >= 0.3 is 0 Å². The summed E-state index contributed by atoms with van der Waals surface area (Å²) < 4.78 is 6.63. The van der Waals surface area contributed by atoms with Gasteiger partial charge in [0.25, 0.3) is 5.91 Å². The van der Waals surface area contributed by atoms with E-state index < -0.39 is 0 Å². The molecule has 2 rings (SSSR count). The summed E-state index contributed by atoms with van der Waals surface area (Å²) >= 11 is 3.34. The average Bonchev–Trinajstić information content (AvgIpc) is 2.63. The van der Waals surface area contributed by atoms with E-state index in [1.165, 1.54) is 19.3 Å². The minimum Gasteiger partial charge on any atom is -0.494 e. The smallest absolute Gasteiger partial charge is 0.271 e. The molecule has 1 amide bonds. The lowest BCUT2D eigenvalue weighted by Crippen LogP contribution is -2.17. The summed E-state index contributed by atoms with van der Waals surface area (Å²) in [6.07, 6.45) is 6.39. The highest BCUT2D eigenvalue weighted by molar-refractivity contribution is 9.10. The number of carbonyl (C=O) groups is 1. The molecule has 5 heteroatoms. The molecule has 0 saturated heterocycles. The number of hydrazone groups is 1. The lowest BCUT2D eigenvalue weighted by atomic mass is 10.2. The highest BCUT2D eigenvalue weighted by Crippen LogP contribution is 2.12. The highest BCUT2D eigenvalue weighted by Gasteiger charge is 2.02. The summed E-state index contributed by atoms with van der Waals surface area (Å²) in [5.41, 5.74) is 3.98. The topological polar surface area (TPSA) is 50.7 Å². The lowest BCUT2D eigenvalue weighted by Gasteiger charge is -2.06. The predicted molar refractivity (Wildman–Crippen MR) is 105 cm³/mol. The number of nitrogens with zero attached hydrogens (tertiary/aromatic N) is 1. The number of rotatable bonds is 9. The van der Waals surface area contributed by atoms with E-state index in [0.717, 1.165) is 28.8 Å². The lowest BCUT2D eigenvalue weighted by molar-refractivity contribution is 0.0955. The second-order valence-corrected chi connectivity index (χ2v) is 6.60. The van der Waals surface area contributed by atoms with E-state index in [0.29, 0.717) is 5.56 Å². The fraction of sp³-hybridized carbons (Fsp3) is 0.300. The van der Waals surface area contributed by atoms with Gasteiger partial charge in [-0.1, -0.05) is 42.1 Å². The quantitative estimate of drug-likeness (QED) is 0.357. The van der Waals surface area contributed by atoms with E-state index in [4.69, 9.17) is 4.74 Å². The number of ether oxygens (including phenoxy) is 1. The van der Waals surface area contributed by atoms with Gasteiger partial charge in [0.05, 0.1) is 12.8 Å². The Hall–Kier alpha value is -2.14. The van der Waals surface area contributed by atoms with Crippen molar-refractivity contribution < 1.29 is 9.53 Å². The molecule has 0 spiro atoms. The van der Waals surface area contributed by atoms with Crippen molar-refractivity contribution in [1.29, 1.82) is 0 Å². The van der Waals surface area contributed by atoms with Gasteiger partial charge < -0.3 is 4.74 Å². The molecule has 1 N–H and O–H groups in total. The first kappa shape index (κ1) is 19.2. The summed E-state index contributed by atoms with van der Waals surface area (Å²) in [4.78, 5) is 11.9. The van der Waals surface area contributed by atoms with Crippen molar-refractivity contribution in [2.24, 2.45) is 5.10 Å². The summed E-state index contributed by atoms with van der Waals surface area (Å²) in [5, 5.41) is 3.99. The summed E-state index contributed by atoms with van der Waals surface area (Å²) in [7, 11) is 0. The van der Waals surface area contributed by atoms with E-state index in [2.05, 4.69) is 33.4 Å². The molecule has 0 radical (unpaired) electrons. The van der Waals surface area contributed by atoms with Crippen LogP contribution in [0.5, 0.6) is 5.75 Å². The maximum Gasteiger partial charge on any atom is 0.271 e.